The van der Waals surface area contributed by atoms with Crippen molar-refractivity contribution >= 4 is 35.3 Å². The number of benzene rings is 1. The van der Waals surface area contributed by atoms with Crippen LogP contribution in [0.3, 0.4) is 0 Å². The van der Waals surface area contributed by atoms with E-state index in [4.69, 9.17) is 12.6 Å². The Balaban J connectivity index is 2.36. The Morgan fingerprint density at radius 1 is 1.33 bits per heavy atom. The van der Waals surface area contributed by atoms with E-state index in [1.54, 1.807) is 0 Å². The van der Waals surface area contributed by atoms with Gasteiger partial charge in [-0.1, -0.05) is 17.8 Å². The second kappa shape index (κ2) is 3.16. The number of thiol groups is 1. The number of nitrogens with zero attached hydrogens (tertiary/aromatic N) is 1. The van der Waals surface area contributed by atoms with Gasteiger partial charge in [0.2, 0.25) is 5.52 Å². The van der Waals surface area contributed by atoms with Gasteiger partial charge in [0.25, 0.3) is 0 Å². The minimum absolute atomic E-state index is 0.00664. The molecule has 0 aliphatic carbocycles. The van der Waals surface area contributed by atoms with Crippen LogP contribution in [0.2, 0.25) is 0 Å². The lowest BCUT2D eigenvalue weighted by molar-refractivity contribution is -0.673. The van der Waals surface area contributed by atoms with E-state index in [-0.39, 0.29) is 4.08 Å². The van der Waals surface area contributed by atoms with Gasteiger partial charge in [-0.2, -0.15) is 17.2 Å². The largest absolute Gasteiger partial charge is 0.226 e. The molecule has 1 nitrogen and oxygen atoms in total. The van der Waals surface area contributed by atoms with Crippen LogP contribution in [0.25, 0.3) is 10.9 Å². The van der Waals surface area contributed by atoms with Crippen molar-refractivity contribution < 1.29 is 4.57 Å². The highest BCUT2D eigenvalue weighted by Gasteiger charge is 2.33. The Labute approximate surface area is 98.9 Å². The van der Waals surface area contributed by atoms with Gasteiger partial charge >= 0.3 is 0 Å². The quantitative estimate of drug-likeness (QED) is 0.542. The van der Waals surface area contributed by atoms with Gasteiger partial charge in [0.15, 0.2) is 12.7 Å². The fraction of sp³-hybridized carbons (Fsp3) is 0.250. The summed E-state index contributed by atoms with van der Waals surface area (Å²) >= 11 is 6.54. The monoisotopic (exact) mass is 234 g/mol. The molecule has 1 unspecified atom stereocenters. The van der Waals surface area contributed by atoms with Crippen molar-refractivity contribution in [3.63, 3.8) is 0 Å². The summed E-state index contributed by atoms with van der Waals surface area (Å²) in [5, 5.41) is 1.31. The summed E-state index contributed by atoms with van der Waals surface area (Å²) in [5.41, 5.74) is 1.34. The first-order valence-corrected chi connectivity index (χ1v) is 6.25. The highest BCUT2D eigenvalue weighted by molar-refractivity contribution is 8.11. The van der Waals surface area contributed by atoms with Gasteiger partial charge in [-0.05, 0) is 25.1 Å². The Morgan fingerprint density at radius 2 is 2.13 bits per heavy atom. The summed E-state index contributed by atoms with van der Waals surface area (Å²) in [7, 11) is 0. The topological polar surface area (TPSA) is 3.88 Å². The van der Waals surface area contributed by atoms with Gasteiger partial charge in [0, 0.05) is 11.5 Å². The average Bonchev–Trinajstić information content (AvgIpc) is 2.16. The number of thioether (sulfide) groups is 1. The van der Waals surface area contributed by atoms with Crippen LogP contribution >= 0.6 is 24.4 Å². The molecule has 2 heterocycles. The average molecular weight is 234 g/mol. The molecule has 0 saturated heterocycles. The maximum absolute atomic E-state index is 4.69. The SMILES string of the molecule is CC1(S)C[n+]2cccc3cccc(c32)S1. The molecule has 0 spiro atoms. The minimum atomic E-state index is -0.00664. The molecule has 3 rings (SSSR count). The standard InChI is InChI=1S/C12H11NS2/c1-12(14)8-13-7-3-5-9-4-2-6-10(15-12)11(9)13/h2-7H,8H2,1H3/p+1. The highest BCUT2D eigenvalue weighted by Crippen LogP contribution is 2.41. The van der Waals surface area contributed by atoms with Crippen LogP contribution in [0.1, 0.15) is 6.92 Å². The van der Waals surface area contributed by atoms with Crippen LogP contribution in [0.5, 0.6) is 0 Å². The normalized spacial score (nSPS) is 24.4. The zero-order valence-corrected chi connectivity index (χ0v) is 10.2. The van der Waals surface area contributed by atoms with E-state index in [0.29, 0.717) is 0 Å². The molecule has 1 aliphatic rings. The van der Waals surface area contributed by atoms with Crippen molar-refractivity contribution in [2.45, 2.75) is 22.4 Å². The van der Waals surface area contributed by atoms with Crippen molar-refractivity contribution in [1.82, 2.24) is 0 Å². The van der Waals surface area contributed by atoms with Gasteiger partial charge in [-0.3, -0.25) is 0 Å². The summed E-state index contributed by atoms with van der Waals surface area (Å²) in [5.74, 6) is 0. The van der Waals surface area contributed by atoms with Gasteiger partial charge in [0.1, 0.15) is 4.08 Å². The van der Waals surface area contributed by atoms with E-state index in [2.05, 4.69) is 48.0 Å². The third kappa shape index (κ3) is 1.54. The van der Waals surface area contributed by atoms with Gasteiger partial charge in [-0.15, -0.1) is 0 Å². The van der Waals surface area contributed by atoms with Crippen LogP contribution in [0.15, 0.2) is 41.4 Å². The lowest BCUT2D eigenvalue weighted by Gasteiger charge is -2.24. The highest BCUT2D eigenvalue weighted by atomic mass is 32.2. The van der Waals surface area contributed by atoms with E-state index in [9.17, 15) is 0 Å². The Kier molecular flexibility index (Phi) is 2.01. The van der Waals surface area contributed by atoms with Gasteiger partial charge in [-0.25, -0.2) is 0 Å². The molecule has 1 atom stereocenters. The van der Waals surface area contributed by atoms with Crippen LogP contribution < -0.4 is 4.57 Å². The summed E-state index contributed by atoms with van der Waals surface area (Å²) < 4.78 is 2.29. The van der Waals surface area contributed by atoms with Crippen LogP contribution in [-0.2, 0) is 6.54 Å². The van der Waals surface area contributed by atoms with Crippen molar-refractivity contribution in [2.75, 3.05) is 0 Å². The molecule has 0 N–H and O–H groups in total. The van der Waals surface area contributed by atoms with Crippen LogP contribution in [0.4, 0.5) is 0 Å². The zero-order valence-electron chi connectivity index (χ0n) is 8.47. The van der Waals surface area contributed by atoms with Crippen molar-refractivity contribution in [3.05, 3.63) is 36.5 Å². The maximum atomic E-state index is 4.69. The van der Waals surface area contributed by atoms with E-state index in [1.165, 1.54) is 15.8 Å². The molecular formula is C12H12NS2+. The summed E-state index contributed by atoms with van der Waals surface area (Å²) in [6, 6.07) is 10.7. The molecule has 0 radical (unpaired) electrons. The molecule has 15 heavy (non-hydrogen) atoms. The van der Waals surface area contributed by atoms with Crippen LogP contribution in [0, 0.1) is 0 Å². The first-order valence-electron chi connectivity index (χ1n) is 4.98. The maximum Gasteiger partial charge on any atom is 0.226 e. The summed E-state index contributed by atoms with van der Waals surface area (Å²) in [4.78, 5) is 1.33. The molecule has 0 amide bonds. The Bertz CT molecular complexity index is 491. The van der Waals surface area contributed by atoms with Gasteiger partial charge in [0.05, 0.1) is 4.90 Å². The van der Waals surface area contributed by atoms with E-state index < -0.39 is 0 Å². The first kappa shape index (κ1) is 9.55. The van der Waals surface area contributed by atoms with Crippen molar-refractivity contribution in [2.24, 2.45) is 0 Å². The molecule has 1 aromatic carbocycles. The molecule has 1 aliphatic heterocycles. The number of hydrogen-bond donors (Lipinski definition) is 1. The lowest BCUT2D eigenvalue weighted by Crippen LogP contribution is -2.45. The van der Waals surface area contributed by atoms with E-state index in [0.717, 1.165) is 6.54 Å². The molecule has 1 aromatic heterocycles. The Morgan fingerprint density at radius 3 is 3.00 bits per heavy atom. The second-order valence-electron chi connectivity index (χ2n) is 4.11. The molecule has 0 bridgehead atoms. The molecule has 3 heteroatoms. The molecule has 2 aromatic rings. The predicted molar refractivity (Wildman–Crippen MR) is 67.4 cm³/mol. The fourth-order valence-electron chi connectivity index (χ4n) is 2.11. The summed E-state index contributed by atoms with van der Waals surface area (Å²) in [6.07, 6.45) is 2.14. The zero-order chi connectivity index (χ0) is 10.5. The molecule has 0 saturated carbocycles. The van der Waals surface area contributed by atoms with Crippen molar-refractivity contribution in [1.29, 1.82) is 0 Å². The first-order chi connectivity index (χ1) is 7.16. The number of para-hydroxylation sites is 1. The fourth-order valence-corrected chi connectivity index (χ4v) is 3.71. The molecular weight excluding hydrogens is 222 g/mol. The van der Waals surface area contributed by atoms with Crippen LogP contribution in [-0.4, -0.2) is 4.08 Å². The predicted octanol–water partition coefficient (Wildman–Crippen LogP) is 2.88. The van der Waals surface area contributed by atoms with Gasteiger partial charge < -0.3 is 0 Å². The van der Waals surface area contributed by atoms with E-state index in [1.807, 2.05) is 11.8 Å². The number of hydrogen-bond acceptors (Lipinski definition) is 2. The third-order valence-corrected chi connectivity index (χ3v) is 4.19. The summed E-state index contributed by atoms with van der Waals surface area (Å²) in [6.45, 7) is 3.12. The lowest BCUT2D eigenvalue weighted by atomic mass is 10.2. The molecule has 0 fully saturated rings. The second-order valence-corrected chi connectivity index (χ2v) is 6.94. The van der Waals surface area contributed by atoms with Crippen molar-refractivity contribution in [3.8, 4) is 0 Å². The number of aromatic nitrogens is 1. The number of pyridine rings is 1. The van der Waals surface area contributed by atoms with E-state index >= 15 is 0 Å². The molecule has 76 valence electrons. The third-order valence-electron chi connectivity index (χ3n) is 2.65. The minimum Gasteiger partial charge on any atom is -0.195 e. The Hall–Kier alpha value is -0.670. The number of rotatable bonds is 0. The smallest absolute Gasteiger partial charge is 0.195 e.